The monoisotopic (exact) mass is 890 g/mol. The van der Waals surface area contributed by atoms with Crippen LogP contribution < -0.4 is 4.90 Å². The molecule has 0 unspecified atom stereocenters. The Labute approximate surface area is 408 Å². The summed E-state index contributed by atoms with van der Waals surface area (Å²) in [6.45, 7) is 0. The first kappa shape index (κ1) is 41.0. The van der Waals surface area contributed by atoms with Crippen molar-refractivity contribution in [1.82, 2.24) is 4.57 Å². The average molecular weight is 891 g/mol. The van der Waals surface area contributed by atoms with Crippen LogP contribution in [0.5, 0.6) is 0 Å². The minimum atomic E-state index is 1.07. The van der Waals surface area contributed by atoms with Gasteiger partial charge < -0.3 is 9.47 Å². The number of hydrogen-bond acceptors (Lipinski definition) is 1. The van der Waals surface area contributed by atoms with Crippen LogP contribution in [0.15, 0.2) is 279 Å². The van der Waals surface area contributed by atoms with Crippen molar-refractivity contribution in [2.75, 3.05) is 4.90 Å². The first-order chi connectivity index (χ1) is 34.7. The van der Waals surface area contributed by atoms with E-state index in [-0.39, 0.29) is 0 Å². The van der Waals surface area contributed by atoms with Crippen molar-refractivity contribution in [3.8, 4) is 61.3 Å². The van der Waals surface area contributed by atoms with E-state index in [1.807, 2.05) is 0 Å². The van der Waals surface area contributed by atoms with E-state index in [0.29, 0.717) is 0 Å². The standard InChI is InChI=1S/C68H46N2/c1-3-16-47(17-4-1)52-21-13-22-53(44-52)48-32-38-56(39-33-48)69(57-40-34-49(35-41-57)54-23-14-24-58(45-54)70-66-30-11-9-26-64(66)65-27-10-12-31-67(65)70)68-46-55(37-42-61(68)50-18-5-2-6-19-50)60-28-15-29-62-59-25-8-7-20-51(59)36-43-63(60)62/h1-46H. The van der Waals surface area contributed by atoms with E-state index in [9.17, 15) is 0 Å². The number of hydrogen-bond donors (Lipinski definition) is 0. The molecule has 328 valence electrons. The van der Waals surface area contributed by atoms with Crippen LogP contribution in [0.3, 0.4) is 0 Å². The van der Waals surface area contributed by atoms with Crippen molar-refractivity contribution in [1.29, 1.82) is 0 Å². The third kappa shape index (κ3) is 7.31. The molecule has 12 aromatic carbocycles. The Morgan fingerprint density at radius 3 is 1.39 bits per heavy atom. The second-order valence-corrected chi connectivity index (χ2v) is 18.1. The van der Waals surface area contributed by atoms with Crippen molar-refractivity contribution in [2.45, 2.75) is 0 Å². The number of nitrogens with zero attached hydrogens (tertiary/aromatic N) is 2. The number of benzene rings is 12. The summed E-state index contributed by atoms with van der Waals surface area (Å²) in [4.78, 5) is 2.44. The van der Waals surface area contributed by atoms with Gasteiger partial charge in [0.15, 0.2) is 0 Å². The Morgan fingerprint density at radius 1 is 0.243 bits per heavy atom. The van der Waals surface area contributed by atoms with Crippen LogP contribution in [0.2, 0.25) is 0 Å². The summed E-state index contributed by atoms with van der Waals surface area (Å²) in [7, 11) is 0. The summed E-state index contributed by atoms with van der Waals surface area (Å²) >= 11 is 0. The smallest absolute Gasteiger partial charge is 0.0546 e. The highest BCUT2D eigenvalue weighted by atomic mass is 15.1. The molecule has 0 saturated carbocycles. The molecule has 0 aliphatic rings. The number of para-hydroxylation sites is 2. The van der Waals surface area contributed by atoms with Crippen LogP contribution in [-0.2, 0) is 0 Å². The maximum absolute atomic E-state index is 2.44. The highest BCUT2D eigenvalue weighted by Crippen LogP contribution is 2.45. The number of anilines is 3. The third-order valence-corrected chi connectivity index (χ3v) is 14.0. The van der Waals surface area contributed by atoms with Crippen LogP contribution in [0.1, 0.15) is 0 Å². The van der Waals surface area contributed by atoms with E-state index in [1.54, 1.807) is 0 Å². The van der Waals surface area contributed by atoms with Crippen molar-refractivity contribution < 1.29 is 0 Å². The molecule has 0 aliphatic carbocycles. The molecule has 1 aromatic heterocycles. The van der Waals surface area contributed by atoms with E-state index in [0.717, 1.165) is 50.6 Å². The average Bonchev–Trinajstić information content (AvgIpc) is 3.78. The first-order valence-electron chi connectivity index (χ1n) is 24.1. The predicted octanol–water partition coefficient (Wildman–Crippen LogP) is 18.9. The Morgan fingerprint density at radius 2 is 0.729 bits per heavy atom. The van der Waals surface area contributed by atoms with Crippen LogP contribution in [0.25, 0.3) is 105 Å². The summed E-state index contributed by atoms with van der Waals surface area (Å²) in [5, 5.41) is 7.52. The highest BCUT2D eigenvalue weighted by Gasteiger charge is 2.21. The minimum Gasteiger partial charge on any atom is -0.310 e. The molecular formula is C68H46N2. The van der Waals surface area contributed by atoms with Gasteiger partial charge in [0.25, 0.3) is 0 Å². The minimum absolute atomic E-state index is 1.07. The predicted molar refractivity (Wildman–Crippen MR) is 298 cm³/mol. The zero-order chi connectivity index (χ0) is 46.4. The molecule has 1 heterocycles. The van der Waals surface area contributed by atoms with E-state index in [1.165, 1.54) is 71.2 Å². The lowest BCUT2D eigenvalue weighted by Crippen LogP contribution is -2.11. The molecule has 70 heavy (non-hydrogen) atoms. The van der Waals surface area contributed by atoms with E-state index in [2.05, 4.69) is 289 Å². The molecule has 0 atom stereocenters. The van der Waals surface area contributed by atoms with Gasteiger partial charge in [-0.1, -0.05) is 218 Å². The maximum atomic E-state index is 2.44. The normalized spacial score (nSPS) is 11.4. The largest absolute Gasteiger partial charge is 0.310 e. The summed E-state index contributed by atoms with van der Waals surface area (Å²) in [6.07, 6.45) is 0. The molecule has 0 amide bonds. The number of rotatable bonds is 9. The molecule has 0 N–H and O–H groups in total. The fraction of sp³-hybridized carbons (Fsp3) is 0. The zero-order valence-corrected chi connectivity index (χ0v) is 38.5. The quantitative estimate of drug-likeness (QED) is 0.131. The lowest BCUT2D eigenvalue weighted by molar-refractivity contribution is 1.18. The van der Waals surface area contributed by atoms with Crippen molar-refractivity contribution in [2.24, 2.45) is 0 Å². The Bertz CT molecular complexity index is 3980. The van der Waals surface area contributed by atoms with Crippen molar-refractivity contribution in [3.05, 3.63) is 279 Å². The summed E-state index contributed by atoms with van der Waals surface area (Å²) < 4.78 is 2.39. The van der Waals surface area contributed by atoms with Crippen molar-refractivity contribution >= 4 is 60.4 Å². The molecule has 0 aliphatic heterocycles. The summed E-state index contributed by atoms with van der Waals surface area (Å²) in [5.41, 5.74) is 18.5. The Balaban J connectivity index is 0.960. The van der Waals surface area contributed by atoms with Gasteiger partial charge in [-0.05, 0) is 132 Å². The van der Waals surface area contributed by atoms with E-state index < -0.39 is 0 Å². The van der Waals surface area contributed by atoms with Gasteiger partial charge in [0.05, 0.1) is 16.7 Å². The Hall–Kier alpha value is -9.24. The molecule has 13 rings (SSSR count). The molecule has 0 fully saturated rings. The van der Waals surface area contributed by atoms with Gasteiger partial charge >= 0.3 is 0 Å². The molecule has 13 aromatic rings. The van der Waals surface area contributed by atoms with Crippen molar-refractivity contribution in [3.63, 3.8) is 0 Å². The second kappa shape index (κ2) is 17.4. The SMILES string of the molecule is c1ccc(-c2cccc(-c3ccc(N(c4ccc(-c5cccc(-n6c7ccccc7c7ccccc76)c5)cc4)c4cc(-c5cccc6c5ccc5ccccc56)ccc4-c4ccccc4)cc3)c2)cc1. The van der Waals surface area contributed by atoms with Crippen LogP contribution >= 0.6 is 0 Å². The lowest BCUT2D eigenvalue weighted by Gasteiger charge is -2.29. The maximum Gasteiger partial charge on any atom is 0.0546 e. The van der Waals surface area contributed by atoms with Gasteiger partial charge in [0, 0.05) is 33.4 Å². The van der Waals surface area contributed by atoms with Gasteiger partial charge in [0.1, 0.15) is 0 Å². The summed E-state index contributed by atoms with van der Waals surface area (Å²) in [5.74, 6) is 0. The zero-order valence-electron chi connectivity index (χ0n) is 38.5. The molecule has 0 radical (unpaired) electrons. The van der Waals surface area contributed by atoms with Gasteiger partial charge in [-0.3, -0.25) is 0 Å². The highest BCUT2D eigenvalue weighted by molar-refractivity contribution is 6.13. The van der Waals surface area contributed by atoms with Gasteiger partial charge in [-0.2, -0.15) is 0 Å². The molecule has 0 spiro atoms. The second-order valence-electron chi connectivity index (χ2n) is 18.1. The fourth-order valence-electron chi connectivity index (χ4n) is 10.6. The van der Waals surface area contributed by atoms with Gasteiger partial charge in [-0.15, -0.1) is 0 Å². The van der Waals surface area contributed by atoms with Gasteiger partial charge in [0.2, 0.25) is 0 Å². The molecule has 2 heteroatoms. The van der Waals surface area contributed by atoms with E-state index >= 15 is 0 Å². The first-order valence-corrected chi connectivity index (χ1v) is 24.1. The lowest BCUT2D eigenvalue weighted by atomic mass is 9.92. The molecular weight excluding hydrogens is 845 g/mol. The molecule has 2 nitrogen and oxygen atoms in total. The Kier molecular flexibility index (Phi) is 10.2. The van der Waals surface area contributed by atoms with E-state index in [4.69, 9.17) is 0 Å². The third-order valence-electron chi connectivity index (χ3n) is 14.0. The fourth-order valence-corrected chi connectivity index (χ4v) is 10.6. The number of fused-ring (bicyclic) bond motifs is 6. The molecule has 0 saturated heterocycles. The van der Waals surface area contributed by atoms with Crippen LogP contribution in [0, 0.1) is 0 Å². The number of aromatic nitrogens is 1. The van der Waals surface area contributed by atoms with Gasteiger partial charge in [-0.25, -0.2) is 0 Å². The van der Waals surface area contributed by atoms with Crippen LogP contribution in [-0.4, -0.2) is 4.57 Å². The topological polar surface area (TPSA) is 8.17 Å². The summed E-state index contributed by atoms with van der Waals surface area (Å²) in [6, 6.07) is 102. The molecule has 0 bridgehead atoms. The van der Waals surface area contributed by atoms with Crippen LogP contribution in [0.4, 0.5) is 17.1 Å².